The van der Waals surface area contributed by atoms with Crippen molar-refractivity contribution in [3.05, 3.63) is 58.3 Å². The minimum Gasteiger partial charge on any atom is -0.317 e. The van der Waals surface area contributed by atoms with Gasteiger partial charge >= 0.3 is 0 Å². The lowest BCUT2D eigenvalue weighted by Gasteiger charge is -2.20. The number of benzene rings is 1. The highest BCUT2D eigenvalue weighted by Gasteiger charge is 2.34. The maximum atomic E-state index is 12.4. The van der Waals surface area contributed by atoms with Gasteiger partial charge in [-0.05, 0) is 61.2 Å². The first-order valence-electron chi connectivity index (χ1n) is 7.43. The molecule has 0 bridgehead atoms. The zero-order valence-corrected chi connectivity index (χ0v) is 15.5. The smallest absolute Gasteiger partial charge is 0.283 e. The van der Waals surface area contributed by atoms with Gasteiger partial charge in [0.1, 0.15) is 0 Å². The van der Waals surface area contributed by atoms with E-state index in [2.05, 4.69) is 26.0 Å². The number of fused-ring (bicyclic) bond motifs is 1. The molecule has 0 unspecified atom stereocenters. The van der Waals surface area contributed by atoms with Crippen molar-refractivity contribution < 1.29 is 4.79 Å². The number of hydrogen-bond acceptors (Lipinski definition) is 4. The lowest BCUT2D eigenvalue weighted by atomic mass is 10.1. The summed E-state index contributed by atoms with van der Waals surface area (Å²) in [5, 5.41) is 15.2. The van der Waals surface area contributed by atoms with E-state index in [9.17, 15) is 4.79 Å². The molecule has 1 N–H and O–H groups in total. The lowest BCUT2D eigenvalue weighted by molar-refractivity contribution is -0.114. The maximum Gasteiger partial charge on any atom is 0.283 e. The number of carbonyl (C=O) groups excluding carboxylic acids is 1. The van der Waals surface area contributed by atoms with E-state index in [0.29, 0.717) is 5.17 Å². The molecule has 2 aromatic rings. The molecule has 0 radical (unpaired) electrons. The Bertz CT molecular complexity index is 987. The number of halogens is 1. The maximum absolute atomic E-state index is 12.4. The van der Waals surface area contributed by atoms with Crippen molar-refractivity contribution >= 4 is 55.7 Å². The molecule has 124 valence electrons. The van der Waals surface area contributed by atoms with E-state index in [-0.39, 0.29) is 11.4 Å². The Hall–Kier alpha value is -2.45. The standard InChI is InChI=1S/C17H12BrN5OS/c1-10-21-23-15(19)14(16(24)20-17(23)25-10)9-13-3-2-8-22(13)12-6-4-11(18)5-7-12/h2-9,19H,1H3/b14-9-,19-15?. The minimum absolute atomic E-state index is 0.0444. The fourth-order valence-electron chi connectivity index (χ4n) is 2.58. The average Bonchev–Trinajstić information content (AvgIpc) is 3.18. The Morgan fingerprint density at radius 2 is 2.00 bits per heavy atom. The number of nitrogens with zero attached hydrogens (tertiary/aromatic N) is 4. The average molecular weight is 414 g/mol. The van der Waals surface area contributed by atoms with Crippen molar-refractivity contribution in [2.75, 3.05) is 0 Å². The van der Waals surface area contributed by atoms with Gasteiger partial charge in [-0.2, -0.15) is 15.1 Å². The van der Waals surface area contributed by atoms with Crippen LogP contribution in [0.5, 0.6) is 0 Å². The van der Waals surface area contributed by atoms with Crippen LogP contribution in [0.3, 0.4) is 0 Å². The van der Waals surface area contributed by atoms with Crippen LogP contribution < -0.4 is 0 Å². The van der Waals surface area contributed by atoms with Gasteiger partial charge in [0.2, 0.25) is 5.17 Å². The fourth-order valence-corrected chi connectivity index (χ4v) is 3.58. The molecular formula is C17H12BrN5OS. The Morgan fingerprint density at radius 1 is 1.24 bits per heavy atom. The largest absolute Gasteiger partial charge is 0.317 e. The zero-order chi connectivity index (χ0) is 17.6. The molecule has 2 aliphatic rings. The molecule has 0 saturated carbocycles. The van der Waals surface area contributed by atoms with Crippen molar-refractivity contribution in [1.29, 1.82) is 5.41 Å². The van der Waals surface area contributed by atoms with Crippen LogP contribution in [0.2, 0.25) is 0 Å². The third-order valence-corrected chi connectivity index (χ3v) is 5.09. The second-order valence-electron chi connectivity index (χ2n) is 5.42. The Balaban J connectivity index is 1.75. The van der Waals surface area contributed by atoms with E-state index < -0.39 is 5.91 Å². The number of hydrogen-bond donors (Lipinski definition) is 1. The lowest BCUT2D eigenvalue weighted by Crippen LogP contribution is -2.35. The van der Waals surface area contributed by atoms with Crippen LogP contribution in [0.4, 0.5) is 0 Å². The second-order valence-corrected chi connectivity index (χ2v) is 7.49. The van der Waals surface area contributed by atoms with E-state index in [4.69, 9.17) is 5.41 Å². The van der Waals surface area contributed by atoms with Crippen LogP contribution >= 0.6 is 27.7 Å². The first kappa shape index (κ1) is 16.0. The van der Waals surface area contributed by atoms with Crippen LogP contribution in [-0.4, -0.2) is 31.5 Å². The number of hydrazone groups is 1. The van der Waals surface area contributed by atoms with Crippen LogP contribution in [-0.2, 0) is 4.79 Å². The van der Waals surface area contributed by atoms with E-state index in [1.54, 1.807) is 6.08 Å². The first-order valence-corrected chi connectivity index (χ1v) is 9.04. The first-order chi connectivity index (χ1) is 12.0. The monoisotopic (exact) mass is 413 g/mol. The van der Waals surface area contributed by atoms with Crippen molar-refractivity contribution in [3.8, 4) is 5.69 Å². The number of nitrogens with one attached hydrogen (secondary N) is 1. The van der Waals surface area contributed by atoms with Gasteiger partial charge in [-0.3, -0.25) is 10.2 Å². The summed E-state index contributed by atoms with van der Waals surface area (Å²) < 4.78 is 2.95. The quantitative estimate of drug-likeness (QED) is 0.759. The van der Waals surface area contributed by atoms with E-state index in [1.807, 2.05) is 54.1 Å². The van der Waals surface area contributed by atoms with Crippen LogP contribution in [0.25, 0.3) is 11.8 Å². The Labute approximate surface area is 156 Å². The molecule has 6 nitrogen and oxygen atoms in total. The van der Waals surface area contributed by atoms with Gasteiger partial charge in [0, 0.05) is 22.1 Å². The third-order valence-electron chi connectivity index (χ3n) is 3.73. The molecule has 0 fully saturated rings. The number of amides is 1. The van der Waals surface area contributed by atoms with E-state index in [0.717, 1.165) is 20.9 Å². The number of thioether (sulfide) groups is 1. The van der Waals surface area contributed by atoms with Crippen LogP contribution in [0.1, 0.15) is 12.6 Å². The predicted octanol–water partition coefficient (Wildman–Crippen LogP) is 3.88. The molecular weight excluding hydrogens is 402 g/mol. The molecule has 1 amide bonds. The van der Waals surface area contributed by atoms with Crippen molar-refractivity contribution in [3.63, 3.8) is 0 Å². The van der Waals surface area contributed by atoms with Crippen LogP contribution in [0, 0.1) is 5.41 Å². The summed E-state index contributed by atoms with van der Waals surface area (Å²) >= 11 is 4.72. The minimum atomic E-state index is -0.419. The van der Waals surface area contributed by atoms with Gasteiger partial charge in [0.05, 0.1) is 10.6 Å². The van der Waals surface area contributed by atoms with Gasteiger partial charge in [-0.15, -0.1) is 0 Å². The Kier molecular flexibility index (Phi) is 3.93. The summed E-state index contributed by atoms with van der Waals surface area (Å²) in [4.78, 5) is 16.4. The summed E-state index contributed by atoms with van der Waals surface area (Å²) in [6.45, 7) is 1.82. The molecule has 3 heterocycles. The van der Waals surface area contributed by atoms with Crippen molar-refractivity contribution in [2.45, 2.75) is 6.92 Å². The van der Waals surface area contributed by atoms with Gasteiger partial charge in [-0.1, -0.05) is 15.9 Å². The fraction of sp³-hybridized carbons (Fsp3) is 0.0588. The topological polar surface area (TPSA) is 73.8 Å². The Morgan fingerprint density at radius 3 is 2.76 bits per heavy atom. The molecule has 2 aliphatic heterocycles. The molecule has 25 heavy (non-hydrogen) atoms. The summed E-state index contributed by atoms with van der Waals surface area (Å²) in [5.41, 5.74) is 1.98. The van der Waals surface area contributed by atoms with Gasteiger partial charge in [-0.25, -0.2) is 0 Å². The second kappa shape index (κ2) is 6.12. The predicted molar refractivity (Wildman–Crippen MR) is 104 cm³/mol. The third kappa shape index (κ3) is 2.87. The molecule has 1 aromatic carbocycles. The highest BCUT2D eigenvalue weighted by molar-refractivity contribution is 9.10. The number of rotatable bonds is 2. The van der Waals surface area contributed by atoms with Crippen LogP contribution in [0.15, 0.2) is 62.7 Å². The molecule has 4 rings (SSSR count). The van der Waals surface area contributed by atoms with E-state index in [1.165, 1.54) is 16.8 Å². The summed E-state index contributed by atoms with van der Waals surface area (Å²) in [5.74, 6) is -0.375. The summed E-state index contributed by atoms with van der Waals surface area (Å²) in [6, 6.07) is 11.6. The van der Waals surface area contributed by atoms with Gasteiger partial charge in [0.25, 0.3) is 5.91 Å². The number of amidine groups is 2. The highest BCUT2D eigenvalue weighted by Crippen LogP contribution is 2.28. The normalized spacial score (nSPS) is 18.5. The van der Waals surface area contributed by atoms with Gasteiger partial charge < -0.3 is 4.57 Å². The molecule has 0 aliphatic carbocycles. The number of aliphatic imine (C=N–C) groups is 1. The number of aromatic nitrogens is 1. The highest BCUT2D eigenvalue weighted by atomic mass is 79.9. The molecule has 0 spiro atoms. The van der Waals surface area contributed by atoms with E-state index >= 15 is 0 Å². The molecule has 1 aromatic heterocycles. The molecule has 8 heteroatoms. The summed E-state index contributed by atoms with van der Waals surface area (Å²) in [7, 11) is 0. The SMILES string of the molecule is CC1=NN2C(=N)/C(=C/c3cccn3-c3ccc(Br)cc3)C(=O)N=C2S1. The number of carbonyl (C=O) groups is 1. The van der Waals surface area contributed by atoms with Gasteiger partial charge in [0.15, 0.2) is 5.84 Å². The summed E-state index contributed by atoms with van der Waals surface area (Å²) in [6.07, 6.45) is 3.59. The molecule has 0 saturated heterocycles. The van der Waals surface area contributed by atoms with Crippen molar-refractivity contribution in [2.24, 2.45) is 10.1 Å². The van der Waals surface area contributed by atoms with Crippen molar-refractivity contribution in [1.82, 2.24) is 9.58 Å². The zero-order valence-electron chi connectivity index (χ0n) is 13.1. The molecule has 0 atom stereocenters.